The smallest absolute Gasteiger partial charge is 0.241 e. The highest BCUT2D eigenvalue weighted by Crippen LogP contribution is 2.25. The molecule has 2 aliphatic rings. The summed E-state index contributed by atoms with van der Waals surface area (Å²) in [6, 6.07) is 0.151. The molecule has 18 heavy (non-hydrogen) atoms. The monoisotopic (exact) mass is 253 g/mol. The molecule has 1 saturated heterocycles. The summed E-state index contributed by atoms with van der Waals surface area (Å²) in [5.74, 6) is 0.208. The Kier molecular flexibility index (Phi) is 4.22. The van der Waals surface area contributed by atoms with E-state index >= 15 is 0 Å². The van der Waals surface area contributed by atoms with E-state index in [-0.39, 0.29) is 30.3 Å². The first kappa shape index (κ1) is 13.3. The minimum Gasteiger partial charge on any atom is -0.344 e. The van der Waals surface area contributed by atoms with E-state index < -0.39 is 0 Å². The molecule has 2 atom stereocenters. The molecule has 0 aromatic rings. The van der Waals surface area contributed by atoms with Crippen LogP contribution in [0.1, 0.15) is 32.1 Å². The van der Waals surface area contributed by atoms with E-state index in [0.29, 0.717) is 6.54 Å². The predicted molar refractivity (Wildman–Crippen MR) is 68.8 cm³/mol. The van der Waals surface area contributed by atoms with Gasteiger partial charge >= 0.3 is 0 Å². The van der Waals surface area contributed by atoms with Crippen LogP contribution < -0.4 is 5.73 Å². The van der Waals surface area contributed by atoms with E-state index in [0.717, 1.165) is 38.6 Å². The molecule has 0 radical (unpaired) electrons. The number of nitrogens with zero attached hydrogens (tertiary/aromatic N) is 2. The molecule has 2 N–H and O–H groups in total. The Bertz CT molecular complexity index is 332. The second-order valence-electron chi connectivity index (χ2n) is 5.55. The minimum atomic E-state index is 0.0324. The number of carbonyl (C=O) groups is 2. The van der Waals surface area contributed by atoms with Gasteiger partial charge in [0.2, 0.25) is 11.8 Å². The van der Waals surface area contributed by atoms with Gasteiger partial charge in [0, 0.05) is 32.1 Å². The van der Waals surface area contributed by atoms with Gasteiger partial charge in [0.25, 0.3) is 0 Å². The van der Waals surface area contributed by atoms with Gasteiger partial charge in [-0.1, -0.05) is 6.42 Å². The Labute approximate surface area is 108 Å². The molecule has 2 unspecified atom stereocenters. The van der Waals surface area contributed by atoms with Crippen LogP contribution in [0.3, 0.4) is 0 Å². The third kappa shape index (κ3) is 3.02. The molecule has 2 fully saturated rings. The number of hydrogen-bond acceptors (Lipinski definition) is 3. The number of carbonyl (C=O) groups excluding carboxylic acids is 2. The summed E-state index contributed by atoms with van der Waals surface area (Å²) in [5.41, 5.74) is 5.93. The number of hydrogen-bond donors (Lipinski definition) is 1. The van der Waals surface area contributed by atoms with Crippen LogP contribution in [0.5, 0.6) is 0 Å². The Morgan fingerprint density at radius 2 is 2.06 bits per heavy atom. The fourth-order valence-corrected chi connectivity index (χ4v) is 2.88. The first-order valence-corrected chi connectivity index (χ1v) is 6.86. The van der Waals surface area contributed by atoms with Crippen molar-refractivity contribution in [1.82, 2.24) is 9.80 Å². The van der Waals surface area contributed by atoms with Gasteiger partial charge in [0.15, 0.2) is 0 Å². The maximum Gasteiger partial charge on any atom is 0.241 e. The van der Waals surface area contributed by atoms with Crippen LogP contribution in [-0.2, 0) is 9.59 Å². The zero-order valence-electron chi connectivity index (χ0n) is 11.1. The zero-order valence-corrected chi connectivity index (χ0v) is 11.1. The van der Waals surface area contributed by atoms with Crippen LogP contribution in [0.15, 0.2) is 0 Å². The SMILES string of the molecule is CN1CCCN(C(=O)C2CCCC(N)C2)CC1=O. The normalized spacial score (nSPS) is 30.2. The fraction of sp³-hybridized carbons (Fsp3) is 0.846. The lowest BCUT2D eigenvalue weighted by atomic mass is 9.85. The van der Waals surface area contributed by atoms with Gasteiger partial charge in [0.05, 0.1) is 6.54 Å². The summed E-state index contributed by atoms with van der Waals surface area (Å²) in [5, 5.41) is 0. The van der Waals surface area contributed by atoms with Crippen molar-refractivity contribution in [2.75, 3.05) is 26.7 Å². The van der Waals surface area contributed by atoms with Gasteiger partial charge in [-0.25, -0.2) is 0 Å². The molecule has 1 saturated carbocycles. The van der Waals surface area contributed by atoms with E-state index in [9.17, 15) is 9.59 Å². The fourth-order valence-electron chi connectivity index (χ4n) is 2.88. The second-order valence-corrected chi connectivity index (χ2v) is 5.55. The molecular weight excluding hydrogens is 230 g/mol. The largest absolute Gasteiger partial charge is 0.344 e. The molecule has 2 rings (SSSR count). The second kappa shape index (κ2) is 5.69. The number of amides is 2. The number of nitrogens with two attached hydrogens (primary N) is 1. The van der Waals surface area contributed by atoms with Crippen LogP contribution >= 0.6 is 0 Å². The summed E-state index contributed by atoms with van der Waals surface area (Å²) in [6.45, 7) is 1.68. The standard InChI is InChI=1S/C13H23N3O2/c1-15-6-3-7-16(9-12(15)17)13(18)10-4-2-5-11(14)8-10/h10-11H,2-9,14H2,1H3. The molecule has 0 aromatic carbocycles. The molecular formula is C13H23N3O2. The predicted octanol–water partition coefficient (Wildman–Crippen LogP) is 0.195. The zero-order chi connectivity index (χ0) is 13.1. The van der Waals surface area contributed by atoms with Crippen LogP contribution in [0.4, 0.5) is 0 Å². The van der Waals surface area contributed by atoms with Crippen molar-refractivity contribution in [3.63, 3.8) is 0 Å². The summed E-state index contributed by atoms with van der Waals surface area (Å²) in [4.78, 5) is 27.6. The Balaban J connectivity index is 1.97. The maximum atomic E-state index is 12.4. The van der Waals surface area contributed by atoms with Crippen molar-refractivity contribution in [3.05, 3.63) is 0 Å². The molecule has 0 aromatic heterocycles. The average molecular weight is 253 g/mol. The quantitative estimate of drug-likeness (QED) is 0.725. The Hall–Kier alpha value is -1.10. The van der Waals surface area contributed by atoms with Crippen LogP contribution in [0, 0.1) is 5.92 Å². The molecule has 2 amide bonds. The van der Waals surface area contributed by atoms with Crippen molar-refractivity contribution in [2.24, 2.45) is 11.7 Å². The Morgan fingerprint density at radius 3 is 2.78 bits per heavy atom. The van der Waals surface area contributed by atoms with E-state index in [4.69, 9.17) is 5.73 Å². The molecule has 5 nitrogen and oxygen atoms in total. The summed E-state index contributed by atoms with van der Waals surface area (Å²) < 4.78 is 0. The molecule has 5 heteroatoms. The molecule has 1 heterocycles. The van der Waals surface area contributed by atoms with Gasteiger partial charge in [-0.05, 0) is 25.7 Å². The molecule has 0 bridgehead atoms. The van der Waals surface area contributed by atoms with E-state index in [1.807, 2.05) is 0 Å². The molecule has 102 valence electrons. The number of likely N-dealkylation sites (N-methyl/N-ethyl adjacent to an activating group) is 1. The highest BCUT2D eigenvalue weighted by atomic mass is 16.2. The molecule has 0 spiro atoms. The van der Waals surface area contributed by atoms with E-state index in [2.05, 4.69) is 0 Å². The lowest BCUT2D eigenvalue weighted by Crippen LogP contribution is -2.43. The molecule has 1 aliphatic heterocycles. The van der Waals surface area contributed by atoms with Gasteiger partial charge in [-0.15, -0.1) is 0 Å². The van der Waals surface area contributed by atoms with Crippen LogP contribution in [-0.4, -0.2) is 54.3 Å². The van der Waals surface area contributed by atoms with Gasteiger partial charge < -0.3 is 15.5 Å². The Morgan fingerprint density at radius 1 is 1.28 bits per heavy atom. The first-order chi connectivity index (χ1) is 8.58. The van der Waals surface area contributed by atoms with Crippen molar-refractivity contribution in [1.29, 1.82) is 0 Å². The first-order valence-electron chi connectivity index (χ1n) is 6.86. The third-order valence-electron chi connectivity index (χ3n) is 4.05. The third-order valence-corrected chi connectivity index (χ3v) is 4.05. The van der Waals surface area contributed by atoms with E-state index in [1.54, 1.807) is 16.8 Å². The van der Waals surface area contributed by atoms with Crippen molar-refractivity contribution >= 4 is 11.8 Å². The summed E-state index contributed by atoms with van der Waals surface area (Å²) in [6.07, 6.45) is 4.61. The van der Waals surface area contributed by atoms with Gasteiger partial charge in [-0.2, -0.15) is 0 Å². The highest BCUT2D eigenvalue weighted by molar-refractivity contribution is 5.86. The summed E-state index contributed by atoms with van der Waals surface area (Å²) >= 11 is 0. The van der Waals surface area contributed by atoms with Gasteiger partial charge in [-0.3, -0.25) is 9.59 Å². The van der Waals surface area contributed by atoms with Crippen LogP contribution in [0.25, 0.3) is 0 Å². The van der Waals surface area contributed by atoms with E-state index in [1.165, 1.54) is 0 Å². The van der Waals surface area contributed by atoms with Crippen molar-refractivity contribution < 1.29 is 9.59 Å². The minimum absolute atomic E-state index is 0.0324. The van der Waals surface area contributed by atoms with Crippen molar-refractivity contribution in [3.8, 4) is 0 Å². The number of rotatable bonds is 1. The highest BCUT2D eigenvalue weighted by Gasteiger charge is 2.31. The lowest BCUT2D eigenvalue weighted by molar-refractivity contribution is -0.141. The average Bonchev–Trinajstić information content (AvgIpc) is 2.51. The van der Waals surface area contributed by atoms with Crippen molar-refractivity contribution in [2.45, 2.75) is 38.1 Å². The molecule has 1 aliphatic carbocycles. The van der Waals surface area contributed by atoms with Gasteiger partial charge in [0.1, 0.15) is 0 Å². The lowest BCUT2D eigenvalue weighted by Gasteiger charge is -2.30. The maximum absolute atomic E-state index is 12.4. The topological polar surface area (TPSA) is 66.6 Å². The summed E-state index contributed by atoms with van der Waals surface area (Å²) in [7, 11) is 1.80. The van der Waals surface area contributed by atoms with Crippen LogP contribution in [0.2, 0.25) is 0 Å².